The van der Waals surface area contributed by atoms with Crippen LogP contribution >= 0.6 is 0 Å². The van der Waals surface area contributed by atoms with Gasteiger partial charge in [-0.05, 0) is 54.1 Å². The number of non-ortho nitro benzene ring substituents is 1. The SMILES string of the molecule is O=[N+]([O-])c1ccc(N/N=C\c2ccc(OS(=O)(=O)c3ccccc3)cc2)cc1. The maximum Gasteiger partial charge on any atom is 0.339 e. The highest BCUT2D eigenvalue weighted by molar-refractivity contribution is 7.87. The van der Waals surface area contributed by atoms with Gasteiger partial charge in [0.15, 0.2) is 0 Å². The number of hydrogen-bond donors (Lipinski definition) is 1. The quantitative estimate of drug-likeness (QED) is 0.281. The Morgan fingerprint density at radius 3 is 2.18 bits per heavy atom. The molecule has 0 atom stereocenters. The molecule has 3 rings (SSSR count). The fourth-order valence-electron chi connectivity index (χ4n) is 2.21. The van der Waals surface area contributed by atoms with E-state index in [1.54, 1.807) is 42.5 Å². The minimum Gasteiger partial charge on any atom is -0.379 e. The van der Waals surface area contributed by atoms with Crippen molar-refractivity contribution in [1.82, 2.24) is 0 Å². The van der Waals surface area contributed by atoms with E-state index in [1.807, 2.05) is 0 Å². The van der Waals surface area contributed by atoms with Crippen LogP contribution < -0.4 is 9.61 Å². The van der Waals surface area contributed by atoms with E-state index in [0.717, 1.165) is 0 Å². The highest BCUT2D eigenvalue weighted by Gasteiger charge is 2.15. The van der Waals surface area contributed by atoms with Crippen LogP contribution in [0.3, 0.4) is 0 Å². The van der Waals surface area contributed by atoms with Crippen molar-refractivity contribution in [2.24, 2.45) is 5.10 Å². The normalized spacial score (nSPS) is 11.3. The van der Waals surface area contributed by atoms with E-state index in [0.29, 0.717) is 11.3 Å². The van der Waals surface area contributed by atoms with Crippen LogP contribution in [0.2, 0.25) is 0 Å². The van der Waals surface area contributed by atoms with E-state index in [9.17, 15) is 18.5 Å². The van der Waals surface area contributed by atoms with Crippen molar-refractivity contribution in [3.05, 3.63) is 94.5 Å². The summed E-state index contributed by atoms with van der Waals surface area (Å²) < 4.78 is 29.5. The summed E-state index contributed by atoms with van der Waals surface area (Å²) in [6.45, 7) is 0. The average molecular weight is 397 g/mol. The molecule has 0 spiro atoms. The van der Waals surface area contributed by atoms with Gasteiger partial charge in [0, 0.05) is 12.1 Å². The monoisotopic (exact) mass is 397 g/mol. The number of rotatable bonds is 7. The minimum atomic E-state index is -3.88. The number of hydrogen-bond acceptors (Lipinski definition) is 7. The van der Waals surface area contributed by atoms with Gasteiger partial charge in [-0.3, -0.25) is 15.5 Å². The van der Waals surface area contributed by atoms with Crippen LogP contribution in [0.5, 0.6) is 5.75 Å². The smallest absolute Gasteiger partial charge is 0.339 e. The summed E-state index contributed by atoms with van der Waals surface area (Å²) in [4.78, 5) is 10.2. The Morgan fingerprint density at radius 2 is 1.57 bits per heavy atom. The van der Waals surface area contributed by atoms with Gasteiger partial charge in [0.2, 0.25) is 0 Å². The van der Waals surface area contributed by atoms with Crippen molar-refractivity contribution in [3.8, 4) is 5.75 Å². The number of nitro benzene ring substituents is 1. The topological polar surface area (TPSA) is 111 Å². The molecule has 9 heteroatoms. The Bertz CT molecular complexity index is 1080. The molecule has 0 aliphatic heterocycles. The molecule has 0 radical (unpaired) electrons. The molecule has 0 bridgehead atoms. The molecule has 0 heterocycles. The first-order valence-electron chi connectivity index (χ1n) is 8.07. The van der Waals surface area contributed by atoms with Crippen molar-refractivity contribution < 1.29 is 17.5 Å². The van der Waals surface area contributed by atoms with Crippen LogP contribution in [0.1, 0.15) is 5.56 Å². The second kappa shape index (κ2) is 8.31. The van der Waals surface area contributed by atoms with E-state index in [-0.39, 0.29) is 16.3 Å². The number of hydrazone groups is 1. The molecule has 0 saturated heterocycles. The highest BCUT2D eigenvalue weighted by atomic mass is 32.2. The van der Waals surface area contributed by atoms with Gasteiger partial charge in [-0.1, -0.05) is 18.2 Å². The Labute approximate surface area is 161 Å². The van der Waals surface area contributed by atoms with E-state index in [4.69, 9.17) is 4.18 Å². The van der Waals surface area contributed by atoms with Crippen molar-refractivity contribution in [2.45, 2.75) is 4.90 Å². The lowest BCUT2D eigenvalue weighted by Crippen LogP contribution is -2.09. The van der Waals surface area contributed by atoms with Crippen molar-refractivity contribution in [3.63, 3.8) is 0 Å². The van der Waals surface area contributed by atoms with Gasteiger partial charge in [-0.25, -0.2) is 0 Å². The highest BCUT2D eigenvalue weighted by Crippen LogP contribution is 2.19. The largest absolute Gasteiger partial charge is 0.379 e. The molecule has 28 heavy (non-hydrogen) atoms. The summed E-state index contributed by atoms with van der Waals surface area (Å²) in [5.41, 5.74) is 4.05. The number of nitrogens with zero attached hydrogens (tertiary/aromatic N) is 2. The summed E-state index contributed by atoms with van der Waals surface area (Å²) in [6.07, 6.45) is 1.52. The number of nitrogens with one attached hydrogen (secondary N) is 1. The number of nitro groups is 1. The Balaban J connectivity index is 1.61. The summed E-state index contributed by atoms with van der Waals surface area (Å²) in [6, 6.07) is 20.0. The molecular weight excluding hydrogens is 382 g/mol. The van der Waals surface area contributed by atoms with Gasteiger partial charge >= 0.3 is 10.1 Å². The first kappa shape index (κ1) is 19.1. The number of benzene rings is 3. The van der Waals surface area contributed by atoms with Gasteiger partial charge in [0.05, 0.1) is 16.8 Å². The van der Waals surface area contributed by atoms with Gasteiger partial charge in [-0.15, -0.1) is 0 Å². The van der Waals surface area contributed by atoms with E-state index in [1.165, 1.54) is 42.6 Å². The summed E-state index contributed by atoms with van der Waals surface area (Å²) >= 11 is 0. The van der Waals surface area contributed by atoms with Gasteiger partial charge in [0.1, 0.15) is 10.6 Å². The molecular formula is C19H15N3O5S. The van der Waals surface area contributed by atoms with Crippen LogP contribution in [0.25, 0.3) is 0 Å². The molecule has 0 aliphatic rings. The van der Waals surface area contributed by atoms with Gasteiger partial charge in [0.25, 0.3) is 5.69 Å². The molecule has 0 fully saturated rings. The maximum absolute atomic E-state index is 12.2. The second-order valence-corrected chi connectivity index (χ2v) is 7.14. The standard InChI is InChI=1S/C19H15N3O5S/c23-22(24)17-10-8-16(9-11-17)21-20-14-15-6-12-18(13-7-15)27-28(25,26)19-4-2-1-3-5-19/h1-14,21H/b20-14-. The zero-order valence-corrected chi connectivity index (χ0v) is 15.2. The lowest BCUT2D eigenvalue weighted by molar-refractivity contribution is -0.384. The second-order valence-electron chi connectivity index (χ2n) is 5.59. The molecule has 0 aromatic heterocycles. The molecule has 3 aromatic carbocycles. The predicted molar refractivity (Wildman–Crippen MR) is 105 cm³/mol. The minimum absolute atomic E-state index is 0.00410. The molecule has 8 nitrogen and oxygen atoms in total. The third kappa shape index (κ3) is 4.92. The van der Waals surface area contributed by atoms with Crippen molar-refractivity contribution in [1.29, 1.82) is 0 Å². The fraction of sp³-hybridized carbons (Fsp3) is 0. The van der Waals surface area contributed by atoms with E-state index in [2.05, 4.69) is 10.5 Å². The third-order valence-electron chi connectivity index (χ3n) is 3.60. The zero-order valence-electron chi connectivity index (χ0n) is 14.4. The zero-order chi connectivity index (χ0) is 20.0. The molecule has 0 unspecified atom stereocenters. The van der Waals surface area contributed by atoms with Crippen molar-refractivity contribution in [2.75, 3.05) is 5.43 Å². The number of anilines is 1. The Kier molecular flexibility index (Phi) is 5.66. The molecule has 1 N–H and O–H groups in total. The summed E-state index contributed by atoms with van der Waals surface area (Å²) in [7, 11) is -3.88. The fourth-order valence-corrected chi connectivity index (χ4v) is 3.16. The molecule has 3 aromatic rings. The molecule has 0 aliphatic carbocycles. The maximum atomic E-state index is 12.2. The Hall–Kier alpha value is -3.72. The summed E-state index contributed by atoms with van der Waals surface area (Å²) in [5, 5.41) is 14.6. The molecule has 0 amide bonds. The molecule has 0 saturated carbocycles. The van der Waals surface area contributed by atoms with E-state index >= 15 is 0 Å². The first-order chi connectivity index (χ1) is 13.4. The van der Waals surface area contributed by atoms with Gasteiger partial charge < -0.3 is 4.18 Å². The lowest BCUT2D eigenvalue weighted by atomic mass is 10.2. The predicted octanol–water partition coefficient (Wildman–Crippen LogP) is 3.81. The van der Waals surface area contributed by atoms with Crippen LogP contribution in [0.15, 0.2) is 88.9 Å². The Morgan fingerprint density at radius 1 is 0.929 bits per heavy atom. The third-order valence-corrected chi connectivity index (χ3v) is 4.86. The molecule has 142 valence electrons. The lowest BCUT2D eigenvalue weighted by Gasteiger charge is -2.07. The van der Waals surface area contributed by atoms with Gasteiger partial charge in [-0.2, -0.15) is 13.5 Å². The van der Waals surface area contributed by atoms with Crippen LogP contribution in [-0.2, 0) is 10.1 Å². The van der Waals surface area contributed by atoms with Crippen LogP contribution in [-0.4, -0.2) is 19.6 Å². The average Bonchev–Trinajstić information content (AvgIpc) is 2.70. The van der Waals surface area contributed by atoms with Crippen LogP contribution in [0.4, 0.5) is 11.4 Å². The summed E-state index contributed by atoms with van der Waals surface area (Å²) in [5.74, 6) is 0.185. The van der Waals surface area contributed by atoms with Crippen molar-refractivity contribution >= 4 is 27.7 Å². The first-order valence-corrected chi connectivity index (χ1v) is 9.48. The van der Waals surface area contributed by atoms with Crippen LogP contribution in [0, 0.1) is 10.1 Å². The van der Waals surface area contributed by atoms with E-state index < -0.39 is 15.0 Å².